The van der Waals surface area contributed by atoms with E-state index in [0.29, 0.717) is 12.8 Å². The van der Waals surface area contributed by atoms with E-state index in [-0.39, 0.29) is 37.5 Å². The van der Waals surface area contributed by atoms with Crippen LogP contribution < -0.4 is 0 Å². The van der Waals surface area contributed by atoms with Crippen LogP contribution in [0.2, 0.25) is 0 Å². The summed E-state index contributed by atoms with van der Waals surface area (Å²) in [5, 5.41) is 0. The Morgan fingerprint density at radius 3 is 0.940 bits per heavy atom. The molecule has 0 aliphatic carbocycles. The highest BCUT2D eigenvalue weighted by molar-refractivity contribution is 5.71. The van der Waals surface area contributed by atoms with Gasteiger partial charge < -0.3 is 14.2 Å². The first-order valence-corrected chi connectivity index (χ1v) is 27.8. The largest absolute Gasteiger partial charge is 0.462 e. The molecule has 6 nitrogen and oxygen atoms in total. The fourth-order valence-corrected chi connectivity index (χ4v) is 7.49. The number of rotatable bonds is 49. The Labute approximate surface area is 413 Å². The molecule has 0 spiro atoms. The minimum absolute atomic E-state index is 0.105. The van der Waals surface area contributed by atoms with Gasteiger partial charge in [0.15, 0.2) is 6.10 Å². The highest BCUT2D eigenvalue weighted by Crippen LogP contribution is 2.14. The fraction of sp³-hybridized carbons (Fsp3) is 0.689. The lowest BCUT2D eigenvalue weighted by atomic mass is 10.1. The van der Waals surface area contributed by atoms with E-state index in [0.717, 1.165) is 116 Å². The summed E-state index contributed by atoms with van der Waals surface area (Å²) in [6.45, 7) is 6.44. The molecule has 0 N–H and O–H groups in total. The van der Waals surface area contributed by atoms with Crippen LogP contribution in [0, 0.1) is 0 Å². The van der Waals surface area contributed by atoms with E-state index in [4.69, 9.17) is 14.2 Å². The molecular weight excluding hydrogens is 829 g/mol. The van der Waals surface area contributed by atoms with E-state index in [2.05, 4.69) is 99.8 Å². The summed E-state index contributed by atoms with van der Waals surface area (Å²) < 4.78 is 16.8. The summed E-state index contributed by atoms with van der Waals surface area (Å²) in [7, 11) is 0. The van der Waals surface area contributed by atoms with Crippen LogP contribution in [0.4, 0.5) is 0 Å². The highest BCUT2D eigenvalue weighted by Gasteiger charge is 2.19. The predicted molar refractivity (Wildman–Crippen MR) is 288 cm³/mol. The molecule has 0 bridgehead atoms. The van der Waals surface area contributed by atoms with E-state index < -0.39 is 6.10 Å². The Balaban J connectivity index is 4.50. The second-order valence-corrected chi connectivity index (χ2v) is 18.3. The molecule has 382 valence electrons. The molecule has 0 aliphatic heterocycles. The predicted octanol–water partition coefficient (Wildman–Crippen LogP) is 18.5. The third kappa shape index (κ3) is 53.2. The second kappa shape index (κ2) is 54.9. The smallest absolute Gasteiger partial charge is 0.306 e. The molecule has 1 atom stereocenters. The Kier molecular flexibility index (Phi) is 51.9. The molecule has 0 amide bonds. The van der Waals surface area contributed by atoms with Crippen molar-refractivity contribution in [2.45, 2.75) is 258 Å². The minimum Gasteiger partial charge on any atom is -0.462 e. The Hall–Kier alpha value is -3.67. The Bertz CT molecular complexity index is 1350. The van der Waals surface area contributed by atoms with Crippen molar-refractivity contribution in [1.29, 1.82) is 0 Å². The zero-order valence-corrected chi connectivity index (χ0v) is 43.6. The van der Waals surface area contributed by atoms with E-state index in [1.165, 1.54) is 96.3 Å². The van der Waals surface area contributed by atoms with Gasteiger partial charge in [-0.25, -0.2) is 0 Å². The van der Waals surface area contributed by atoms with Gasteiger partial charge in [-0.2, -0.15) is 0 Å². The molecule has 0 aromatic carbocycles. The van der Waals surface area contributed by atoms with Crippen molar-refractivity contribution < 1.29 is 28.6 Å². The van der Waals surface area contributed by atoms with Crippen molar-refractivity contribution in [3.63, 3.8) is 0 Å². The number of unbranched alkanes of at least 4 members (excludes halogenated alkanes) is 27. The summed E-state index contributed by atoms with van der Waals surface area (Å²) in [6.07, 6.45) is 72.5. The van der Waals surface area contributed by atoms with Gasteiger partial charge in [0, 0.05) is 19.3 Å². The van der Waals surface area contributed by atoms with Crippen molar-refractivity contribution in [1.82, 2.24) is 0 Å². The first-order chi connectivity index (χ1) is 33.0. The summed E-state index contributed by atoms with van der Waals surface area (Å²) in [5.74, 6) is -0.968. The van der Waals surface area contributed by atoms with Crippen LogP contribution in [-0.4, -0.2) is 37.2 Å². The SMILES string of the molecule is CC\C=C/C=C\C=C/C=C\CCCCCCCC(=O)OCC(COC(=O)CCCCCCC/C=C\C=C/CCCCCCCCC)OC(=O)CCCCC/C=C\C=C/CCCCCCCCC. The molecule has 0 saturated heterocycles. The van der Waals surface area contributed by atoms with Gasteiger partial charge in [0.2, 0.25) is 0 Å². The average molecular weight is 931 g/mol. The minimum atomic E-state index is -0.809. The monoisotopic (exact) mass is 931 g/mol. The molecular formula is C61H102O6. The van der Waals surface area contributed by atoms with Crippen molar-refractivity contribution in [3.05, 3.63) is 97.2 Å². The molecule has 0 fully saturated rings. The van der Waals surface area contributed by atoms with Crippen molar-refractivity contribution in [2.24, 2.45) is 0 Å². The van der Waals surface area contributed by atoms with Crippen molar-refractivity contribution in [3.8, 4) is 0 Å². The van der Waals surface area contributed by atoms with Gasteiger partial charge in [0.05, 0.1) is 0 Å². The molecule has 0 aromatic heterocycles. The third-order valence-corrected chi connectivity index (χ3v) is 11.7. The van der Waals surface area contributed by atoms with E-state index in [1.54, 1.807) is 0 Å². The number of ether oxygens (including phenoxy) is 3. The zero-order valence-electron chi connectivity index (χ0n) is 43.6. The summed E-state index contributed by atoms with van der Waals surface area (Å²) in [5.41, 5.74) is 0. The number of hydrogen-bond donors (Lipinski definition) is 0. The Morgan fingerprint density at radius 2 is 0.582 bits per heavy atom. The molecule has 0 aromatic rings. The standard InChI is InChI=1S/C61H102O6/c1-4-7-10-13-16-19-22-25-28-30-31-34-36-39-42-45-48-51-54-60(63)66-57-58(56-65-59(62)53-50-47-44-41-38-35-32-27-24-21-18-15-12-9-6-3)67-61(64)55-52-49-46-43-40-37-33-29-26-23-20-17-14-11-8-5-2/h9,12,15,18,21,24,27-34,37,40,58H,4-8,10-11,13-14,16-17,19-20,22-23,25-26,35-36,38-39,41-57H2,1-3H3/b12-9-,18-15-,24-21-,30-28-,32-27-,33-29-,34-31-,40-37-. The molecule has 67 heavy (non-hydrogen) atoms. The van der Waals surface area contributed by atoms with E-state index in [9.17, 15) is 14.4 Å². The topological polar surface area (TPSA) is 78.9 Å². The van der Waals surface area contributed by atoms with Gasteiger partial charge in [-0.15, -0.1) is 0 Å². The van der Waals surface area contributed by atoms with Gasteiger partial charge in [-0.1, -0.05) is 240 Å². The van der Waals surface area contributed by atoms with Crippen molar-refractivity contribution in [2.75, 3.05) is 13.2 Å². The highest BCUT2D eigenvalue weighted by atomic mass is 16.6. The van der Waals surface area contributed by atoms with E-state index >= 15 is 0 Å². The van der Waals surface area contributed by atoms with Crippen LogP contribution in [0.25, 0.3) is 0 Å². The van der Waals surface area contributed by atoms with E-state index in [1.807, 2.05) is 18.2 Å². The maximum atomic E-state index is 12.8. The number of carbonyl (C=O) groups excluding carboxylic acids is 3. The molecule has 0 aliphatic rings. The van der Waals surface area contributed by atoms with Gasteiger partial charge in [0.25, 0.3) is 0 Å². The molecule has 6 heteroatoms. The van der Waals surface area contributed by atoms with Gasteiger partial charge in [-0.05, 0) is 89.9 Å². The van der Waals surface area contributed by atoms with Gasteiger partial charge in [-0.3, -0.25) is 14.4 Å². The van der Waals surface area contributed by atoms with Gasteiger partial charge in [0.1, 0.15) is 13.2 Å². The molecule has 0 rings (SSSR count). The van der Waals surface area contributed by atoms with Crippen LogP contribution in [0.1, 0.15) is 252 Å². The number of hydrogen-bond acceptors (Lipinski definition) is 6. The molecule has 0 radical (unpaired) electrons. The average Bonchev–Trinajstić information content (AvgIpc) is 3.33. The maximum Gasteiger partial charge on any atom is 0.306 e. The lowest BCUT2D eigenvalue weighted by Gasteiger charge is -2.18. The lowest BCUT2D eigenvalue weighted by Crippen LogP contribution is -2.30. The van der Waals surface area contributed by atoms with Crippen LogP contribution in [0.15, 0.2) is 97.2 Å². The van der Waals surface area contributed by atoms with Crippen LogP contribution >= 0.6 is 0 Å². The van der Waals surface area contributed by atoms with Gasteiger partial charge >= 0.3 is 17.9 Å². The van der Waals surface area contributed by atoms with Crippen LogP contribution in [-0.2, 0) is 28.6 Å². The Morgan fingerprint density at radius 1 is 0.313 bits per heavy atom. The number of carbonyl (C=O) groups is 3. The number of esters is 3. The van der Waals surface area contributed by atoms with Crippen LogP contribution in [0.3, 0.4) is 0 Å². The normalized spacial score (nSPS) is 12.8. The fourth-order valence-electron chi connectivity index (χ4n) is 7.49. The lowest BCUT2D eigenvalue weighted by molar-refractivity contribution is -0.167. The summed E-state index contributed by atoms with van der Waals surface area (Å²) >= 11 is 0. The summed E-state index contributed by atoms with van der Waals surface area (Å²) in [4.78, 5) is 38.1. The van der Waals surface area contributed by atoms with Crippen molar-refractivity contribution >= 4 is 17.9 Å². The maximum absolute atomic E-state index is 12.8. The molecule has 1 unspecified atom stereocenters. The third-order valence-electron chi connectivity index (χ3n) is 11.7. The zero-order chi connectivity index (χ0) is 48.6. The van der Waals surface area contributed by atoms with Crippen LogP contribution in [0.5, 0.6) is 0 Å². The first kappa shape index (κ1) is 63.3. The quantitative estimate of drug-likeness (QED) is 0.0262. The number of allylic oxidation sites excluding steroid dienone is 16. The molecule has 0 heterocycles. The molecule has 0 saturated carbocycles. The second-order valence-electron chi connectivity index (χ2n) is 18.3. The first-order valence-electron chi connectivity index (χ1n) is 27.8. The summed E-state index contributed by atoms with van der Waals surface area (Å²) in [6, 6.07) is 0.